The molecule has 18 heavy (non-hydrogen) atoms. The third-order valence-corrected chi connectivity index (χ3v) is 2.86. The molecule has 0 aliphatic carbocycles. The molecule has 1 amide bonds. The van der Waals surface area contributed by atoms with Crippen LogP contribution in [0.25, 0.3) is 0 Å². The van der Waals surface area contributed by atoms with Gasteiger partial charge in [0.15, 0.2) is 0 Å². The van der Waals surface area contributed by atoms with Crippen LogP contribution in [0.4, 0.5) is 10.1 Å². The largest absolute Gasteiger partial charge is 0.481 e. The van der Waals surface area contributed by atoms with Gasteiger partial charge in [0.1, 0.15) is 5.82 Å². The Labute approximate surface area is 103 Å². The maximum Gasteiger partial charge on any atom is 0.309 e. The molecule has 1 unspecified atom stereocenters. The van der Waals surface area contributed by atoms with Gasteiger partial charge in [0, 0.05) is 13.1 Å². The predicted molar refractivity (Wildman–Crippen MR) is 62.7 cm³/mol. The average molecular weight is 252 g/mol. The molecule has 1 heterocycles. The van der Waals surface area contributed by atoms with Crippen LogP contribution in [0.2, 0.25) is 0 Å². The van der Waals surface area contributed by atoms with E-state index in [4.69, 9.17) is 5.11 Å². The standard InChI is InChI=1S/C12H13FN2O3/c13-9-3-1-2-4-10(9)15-7-8(12(17)18)5-14-6-11(15)16/h1-4,8,14H,5-7H2,(H,17,18). The Morgan fingerprint density at radius 1 is 1.44 bits per heavy atom. The lowest BCUT2D eigenvalue weighted by Gasteiger charge is -2.22. The van der Waals surface area contributed by atoms with Crippen molar-refractivity contribution in [2.45, 2.75) is 0 Å². The summed E-state index contributed by atoms with van der Waals surface area (Å²) in [6, 6.07) is 5.85. The molecule has 1 aromatic carbocycles. The number of para-hydroxylation sites is 1. The third-order valence-electron chi connectivity index (χ3n) is 2.86. The lowest BCUT2D eigenvalue weighted by molar-refractivity contribution is -0.141. The Bertz CT molecular complexity index is 478. The van der Waals surface area contributed by atoms with Gasteiger partial charge in [0.25, 0.3) is 0 Å². The van der Waals surface area contributed by atoms with Gasteiger partial charge in [0.05, 0.1) is 18.2 Å². The van der Waals surface area contributed by atoms with Gasteiger partial charge in [-0.25, -0.2) is 4.39 Å². The number of carbonyl (C=O) groups excluding carboxylic acids is 1. The van der Waals surface area contributed by atoms with E-state index in [0.717, 1.165) is 0 Å². The number of carboxylic acids is 1. The zero-order valence-corrected chi connectivity index (χ0v) is 9.60. The number of anilines is 1. The maximum atomic E-state index is 13.6. The van der Waals surface area contributed by atoms with Gasteiger partial charge in [-0.15, -0.1) is 0 Å². The summed E-state index contributed by atoms with van der Waals surface area (Å²) in [4.78, 5) is 24.0. The van der Waals surface area contributed by atoms with E-state index in [1.54, 1.807) is 6.07 Å². The second-order valence-corrected chi connectivity index (χ2v) is 4.12. The van der Waals surface area contributed by atoms with Crippen molar-refractivity contribution < 1.29 is 19.1 Å². The smallest absolute Gasteiger partial charge is 0.309 e. The third kappa shape index (κ3) is 2.48. The van der Waals surface area contributed by atoms with Crippen LogP contribution in [0.1, 0.15) is 0 Å². The molecule has 96 valence electrons. The van der Waals surface area contributed by atoms with Gasteiger partial charge in [-0.3, -0.25) is 9.59 Å². The molecule has 1 saturated heterocycles. The highest BCUT2D eigenvalue weighted by Crippen LogP contribution is 2.21. The first-order valence-corrected chi connectivity index (χ1v) is 5.58. The van der Waals surface area contributed by atoms with Crippen LogP contribution < -0.4 is 10.2 Å². The SMILES string of the molecule is O=C(O)C1CNCC(=O)N(c2ccccc2F)C1. The molecule has 1 aliphatic heterocycles. The summed E-state index contributed by atoms with van der Waals surface area (Å²) in [5.41, 5.74) is 0.123. The summed E-state index contributed by atoms with van der Waals surface area (Å²) in [7, 11) is 0. The van der Waals surface area contributed by atoms with Crippen LogP contribution in [0, 0.1) is 11.7 Å². The first kappa shape index (κ1) is 12.5. The second-order valence-electron chi connectivity index (χ2n) is 4.12. The van der Waals surface area contributed by atoms with E-state index in [1.165, 1.54) is 23.1 Å². The number of hydrogen-bond acceptors (Lipinski definition) is 3. The first-order valence-electron chi connectivity index (χ1n) is 5.58. The molecule has 1 aliphatic rings. The van der Waals surface area contributed by atoms with Crippen molar-refractivity contribution in [3.8, 4) is 0 Å². The van der Waals surface area contributed by atoms with Gasteiger partial charge < -0.3 is 15.3 Å². The van der Waals surface area contributed by atoms with Crippen LogP contribution in [-0.2, 0) is 9.59 Å². The van der Waals surface area contributed by atoms with E-state index >= 15 is 0 Å². The highest BCUT2D eigenvalue weighted by Gasteiger charge is 2.29. The fraction of sp³-hybridized carbons (Fsp3) is 0.333. The van der Waals surface area contributed by atoms with Gasteiger partial charge in [0.2, 0.25) is 5.91 Å². The topological polar surface area (TPSA) is 69.6 Å². The van der Waals surface area contributed by atoms with E-state index < -0.39 is 17.7 Å². The van der Waals surface area contributed by atoms with Crippen molar-refractivity contribution in [2.75, 3.05) is 24.5 Å². The Balaban J connectivity index is 2.31. The molecule has 0 bridgehead atoms. The summed E-state index contributed by atoms with van der Waals surface area (Å²) in [6.07, 6.45) is 0. The minimum atomic E-state index is -1.00. The summed E-state index contributed by atoms with van der Waals surface area (Å²) in [5, 5.41) is 11.8. The minimum absolute atomic E-state index is 0.0120. The molecule has 6 heteroatoms. The van der Waals surface area contributed by atoms with E-state index in [0.29, 0.717) is 0 Å². The van der Waals surface area contributed by atoms with E-state index in [-0.39, 0.29) is 31.2 Å². The number of amides is 1. The van der Waals surface area contributed by atoms with Crippen LogP contribution in [-0.4, -0.2) is 36.6 Å². The van der Waals surface area contributed by atoms with Crippen LogP contribution >= 0.6 is 0 Å². The summed E-state index contributed by atoms with van der Waals surface area (Å²) < 4.78 is 13.6. The van der Waals surface area contributed by atoms with Gasteiger partial charge in [-0.05, 0) is 12.1 Å². The molecule has 1 aromatic rings. The van der Waals surface area contributed by atoms with E-state index in [1.807, 2.05) is 0 Å². The molecular formula is C12H13FN2O3. The first-order chi connectivity index (χ1) is 8.59. The number of nitrogens with zero attached hydrogens (tertiary/aromatic N) is 1. The Hall–Kier alpha value is -1.95. The number of carbonyl (C=O) groups is 2. The van der Waals surface area contributed by atoms with Crippen LogP contribution in [0.5, 0.6) is 0 Å². The number of nitrogens with one attached hydrogen (secondary N) is 1. The molecule has 2 rings (SSSR count). The molecule has 0 aromatic heterocycles. The summed E-state index contributed by atoms with van der Waals surface area (Å²) in [5.74, 6) is -2.60. The number of aliphatic carboxylic acids is 1. The fourth-order valence-electron chi connectivity index (χ4n) is 1.90. The number of rotatable bonds is 2. The molecular weight excluding hydrogens is 239 g/mol. The quantitative estimate of drug-likeness (QED) is 0.802. The fourth-order valence-corrected chi connectivity index (χ4v) is 1.90. The number of carboxylic acid groups (broad SMARTS) is 1. The van der Waals surface area contributed by atoms with Crippen molar-refractivity contribution in [3.05, 3.63) is 30.1 Å². The number of halogens is 1. The molecule has 0 spiro atoms. The molecule has 5 nitrogen and oxygen atoms in total. The van der Waals surface area contributed by atoms with Crippen molar-refractivity contribution >= 4 is 17.6 Å². The second kappa shape index (κ2) is 5.14. The lowest BCUT2D eigenvalue weighted by Crippen LogP contribution is -2.37. The van der Waals surface area contributed by atoms with Gasteiger partial charge in [-0.2, -0.15) is 0 Å². The number of benzene rings is 1. The van der Waals surface area contributed by atoms with Crippen LogP contribution in [0.15, 0.2) is 24.3 Å². The Kier molecular flexibility index (Phi) is 3.57. The predicted octanol–water partition coefficient (Wildman–Crippen LogP) is 0.463. The Morgan fingerprint density at radius 3 is 2.83 bits per heavy atom. The van der Waals surface area contributed by atoms with E-state index in [2.05, 4.69) is 5.32 Å². The number of hydrogen-bond donors (Lipinski definition) is 2. The normalized spacial score (nSPS) is 20.6. The van der Waals surface area contributed by atoms with Gasteiger partial charge in [-0.1, -0.05) is 12.1 Å². The molecule has 1 atom stereocenters. The Morgan fingerprint density at radius 2 is 2.17 bits per heavy atom. The lowest BCUT2D eigenvalue weighted by atomic mass is 10.1. The van der Waals surface area contributed by atoms with Crippen molar-refractivity contribution in [1.82, 2.24) is 5.32 Å². The highest BCUT2D eigenvalue weighted by atomic mass is 19.1. The van der Waals surface area contributed by atoms with Gasteiger partial charge >= 0.3 is 5.97 Å². The van der Waals surface area contributed by atoms with Crippen molar-refractivity contribution in [1.29, 1.82) is 0 Å². The maximum absolute atomic E-state index is 13.6. The van der Waals surface area contributed by atoms with Crippen LogP contribution in [0.3, 0.4) is 0 Å². The summed E-state index contributed by atoms with van der Waals surface area (Å²) in [6.45, 7) is 0.187. The van der Waals surface area contributed by atoms with Crippen molar-refractivity contribution in [3.63, 3.8) is 0 Å². The minimum Gasteiger partial charge on any atom is -0.481 e. The molecule has 0 radical (unpaired) electrons. The summed E-state index contributed by atoms with van der Waals surface area (Å²) >= 11 is 0. The molecule has 1 fully saturated rings. The average Bonchev–Trinajstić information content (AvgIpc) is 2.52. The zero-order valence-electron chi connectivity index (χ0n) is 9.60. The van der Waals surface area contributed by atoms with Crippen molar-refractivity contribution in [2.24, 2.45) is 5.92 Å². The highest BCUT2D eigenvalue weighted by molar-refractivity contribution is 5.96. The monoisotopic (exact) mass is 252 g/mol. The molecule has 0 saturated carbocycles. The van der Waals surface area contributed by atoms with E-state index in [9.17, 15) is 14.0 Å². The molecule has 2 N–H and O–H groups in total. The zero-order chi connectivity index (χ0) is 13.1.